The Morgan fingerprint density at radius 1 is 0.750 bits per heavy atom. The minimum atomic E-state index is -4.55. The van der Waals surface area contributed by atoms with Gasteiger partial charge in [0.25, 0.3) is 10.1 Å². The molecule has 4 rings (SSSR count). The van der Waals surface area contributed by atoms with Gasteiger partial charge < -0.3 is 37.3 Å². The SMILES string of the molecule is Nc1ccc(Nc2ccc(NC(CCCCOc3cccc(N)c3)Oc3cccc(N)c3)cc2S(=O)(=O)O)cc1. The van der Waals surface area contributed by atoms with Crippen LogP contribution in [0, 0.1) is 0 Å². The highest BCUT2D eigenvalue weighted by atomic mass is 32.2. The van der Waals surface area contributed by atoms with Gasteiger partial charge in [0.1, 0.15) is 16.4 Å². The summed E-state index contributed by atoms with van der Waals surface area (Å²) in [5.74, 6) is 1.27. The van der Waals surface area contributed by atoms with E-state index in [1.54, 1.807) is 72.8 Å². The molecule has 0 fully saturated rings. The number of benzene rings is 4. The molecule has 1 atom stereocenters. The molecule has 0 aliphatic carbocycles. The molecule has 4 aromatic rings. The van der Waals surface area contributed by atoms with Crippen LogP contribution in [-0.2, 0) is 10.1 Å². The molecule has 0 saturated heterocycles. The molecule has 0 aliphatic heterocycles. The van der Waals surface area contributed by atoms with E-state index in [-0.39, 0.29) is 10.6 Å². The van der Waals surface area contributed by atoms with Crippen LogP contribution < -0.4 is 37.3 Å². The molecule has 11 heteroatoms. The number of hydrogen-bond acceptors (Lipinski definition) is 9. The molecule has 0 heterocycles. The first kappa shape index (κ1) is 28.4. The second-order valence-electron chi connectivity index (χ2n) is 9.17. The third-order valence-electron chi connectivity index (χ3n) is 5.90. The fraction of sp³-hybridized carbons (Fsp3) is 0.172. The number of nitrogens with one attached hydrogen (secondary N) is 2. The molecular formula is C29H33N5O5S. The average Bonchev–Trinajstić information content (AvgIpc) is 2.90. The predicted octanol–water partition coefficient (Wildman–Crippen LogP) is 5.49. The van der Waals surface area contributed by atoms with Crippen LogP contribution in [-0.4, -0.2) is 25.8 Å². The minimum absolute atomic E-state index is 0.213. The highest BCUT2D eigenvalue weighted by Gasteiger charge is 2.19. The van der Waals surface area contributed by atoms with Gasteiger partial charge in [-0.15, -0.1) is 0 Å². The molecule has 0 aromatic heterocycles. The van der Waals surface area contributed by atoms with Crippen molar-refractivity contribution in [2.75, 3.05) is 34.4 Å². The molecule has 4 aromatic carbocycles. The molecule has 0 spiro atoms. The number of anilines is 6. The monoisotopic (exact) mass is 563 g/mol. The second kappa shape index (κ2) is 13.0. The smallest absolute Gasteiger partial charge is 0.296 e. The van der Waals surface area contributed by atoms with E-state index in [1.807, 2.05) is 12.1 Å². The Morgan fingerprint density at radius 3 is 2.08 bits per heavy atom. The third kappa shape index (κ3) is 8.45. The Kier molecular flexibility index (Phi) is 9.20. The molecular weight excluding hydrogens is 530 g/mol. The largest absolute Gasteiger partial charge is 0.494 e. The number of rotatable bonds is 13. The molecule has 0 radical (unpaired) electrons. The van der Waals surface area contributed by atoms with Crippen molar-refractivity contribution in [3.63, 3.8) is 0 Å². The van der Waals surface area contributed by atoms with Crippen LogP contribution in [0.2, 0.25) is 0 Å². The first-order valence-corrected chi connectivity index (χ1v) is 14.1. The van der Waals surface area contributed by atoms with Crippen LogP contribution in [0.3, 0.4) is 0 Å². The molecule has 9 N–H and O–H groups in total. The zero-order chi connectivity index (χ0) is 28.5. The highest BCUT2D eigenvalue weighted by Crippen LogP contribution is 2.29. The highest BCUT2D eigenvalue weighted by molar-refractivity contribution is 7.86. The van der Waals surface area contributed by atoms with E-state index in [1.165, 1.54) is 6.07 Å². The van der Waals surface area contributed by atoms with Gasteiger partial charge in [-0.25, -0.2) is 0 Å². The first-order chi connectivity index (χ1) is 19.2. The molecule has 0 aliphatic rings. The molecule has 0 amide bonds. The topological polar surface area (TPSA) is 175 Å². The molecule has 210 valence electrons. The van der Waals surface area contributed by atoms with Gasteiger partial charge >= 0.3 is 0 Å². The van der Waals surface area contributed by atoms with Gasteiger partial charge in [-0.3, -0.25) is 4.55 Å². The van der Waals surface area contributed by atoms with Crippen LogP contribution >= 0.6 is 0 Å². The Bertz CT molecular complexity index is 1530. The Labute approximate surface area is 233 Å². The maximum Gasteiger partial charge on any atom is 0.296 e. The Balaban J connectivity index is 1.47. The lowest BCUT2D eigenvalue weighted by atomic mass is 10.2. The van der Waals surface area contributed by atoms with Crippen molar-refractivity contribution in [1.29, 1.82) is 0 Å². The average molecular weight is 564 g/mol. The summed E-state index contributed by atoms with van der Waals surface area (Å²) in [6.07, 6.45) is 1.53. The van der Waals surface area contributed by atoms with Gasteiger partial charge in [-0.05, 0) is 79.6 Å². The molecule has 40 heavy (non-hydrogen) atoms. The van der Waals surface area contributed by atoms with E-state index >= 15 is 0 Å². The van der Waals surface area contributed by atoms with Crippen molar-refractivity contribution < 1.29 is 22.4 Å². The van der Waals surface area contributed by atoms with Crippen molar-refractivity contribution in [1.82, 2.24) is 0 Å². The van der Waals surface area contributed by atoms with Crippen molar-refractivity contribution in [3.05, 3.63) is 91.0 Å². The number of hydrogen-bond donors (Lipinski definition) is 6. The van der Waals surface area contributed by atoms with Crippen LogP contribution in [0.25, 0.3) is 0 Å². The number of ether oxygens (including phenoxy) is 2. The normalized spacial score (nSPS) is 11.9. The van der Waals surface area contributed by atoms with Crippen LogP contribution in [0.5, 0.6) is 11.5 Å². The van der Waals surface area contributed by atoms with Crippen molar-refractivity contribution in [2.45, 2.75) is 30.4 Å². The summed E-state index contributed by atoms with van der Waals surface area (Å²) >= 11 is 0. The van der Waals surface area contributed by atoms with E-state index in [0.29, 0.717) is 53.0 Å². The standard InChI is InChI=1S/C29H33N5O5S/c30-20-10-12-23(13-11-20)33-27-15-14-24(19-28(27)40(35,36)37)34-29(39-26-8-4-6-22(32)18-26)9-1-2-16-38-25-7-3-5-21(31)17-25/h3-8,10-15,17-19,29,33-34H,1-2,9,16,30-32H2,(H,35,36,37). The lowest BCUT2D eigenvalue weighted by Gasteiger charge is -2.23. The molecule has 10 nitrogen and oxygen atoms in total. The van der Waals surface area contributed by atoms with Crippen molar-refractivity contribution in [2.24, 2.45) is 0 Å². The molecule has 0 bridgehead atoms. The lowest BCUT2D eigenvalue weighted by Crippen LogP contribution is -2.26. The summed E-state index contributed by atoms with van der Waals surface area (Å²) in [5.41, 5.74) is 20.5. The molecule has 1 unspecified atom stereocenters. The second-order valence-corrected chi connectivity index (χ2v) is 10.6. The van der Waals surface area contributed by atoms with Crippen molar-refractivity contribution in [3.8, 4) is 11.5 Å². The number of unbranched alkanes of at least 4 members (excludes halogenated alkanes) is 1. The van der Waals surface area contributed by atoms with E-state index < -0.39 is 16.3 Å². The summed E-state index contributed by atoms with van der Waals surface area (Å²) in [6, 6.07) is 25.7. The molecule has 0 saturated carbocycles. The Hall–Kier alpha value is -4.61. The quantitative estimate of drug-likeness (QED) is 0.0528. The zero-order valence-electron chi connectivity index (χ0n) is 21.8. The van der Waals surface area contributed by atoms with Gasteiger partial charge in [0.05, 0.1) is 12.3 Å². The zero-order valence-corrected chi connectivity index (χ0v) is 22.6. The van der Waals surface area contributed by atoms with E-state index in [4.69, 9.17) is 26.7 Å². The van der Waals surface area contributed by atoms with Gasteiger partial charge in [-0.1, -0.05) is 12.1 Å². The third-order valence-corrected chi connectivity index (χ3v) is 6.79. The van der Waals surface area contributed by atoms with Crippen molar-refractivity contribution >= 4 is 44.2 Å². The fourth-order valence-electron chi connectivity index (χ4n) is 3.98. The summed E-state index contributed by atoms with van der Waals surface area (Å²) < 4.78 is 46.4. The van der Waals surface area contributed by atoms with Gasteiger partial charge in [0.15, 0.2) is 6.23 Å². The maximum absolute atomic E-state index is 12.2. The van der Waals surface area contributed by atoms with Crippen LogP contribution in [0.4, 0.5) is 34.1 Å². The Morgan fingerprint density at radius 2 is 1.40 bits per heavy atom. The van der Waals surface area contributed by atoms with Gasteiger partial charge in [0.2, 0.25) is 0 Å². The minimum Gasteiger partial charge on any atom is -0.494 e. The van der Waals surface area contributed by atoms with Crippen LogP contribution in [0.15, 0.2) is 95.9 Å². The fourth-order valence-corrected chi connectivity index (χ4v) is 4.65. The maximum atomic E-state index is 12.2. The summed E-state index contributed by atoms with van der Waals surface area (Å²) in [5, 5.41) is 6.24. The summed E-state index contributed by atoms with van der Waals surface area (Å²) in [7, 11) is -4.55. The predicted molar refractivity (Wildman–Crippen MR) is 159 cm³/mol. The number of nitrogen functional groups attached to an aromatic ring is 3. The van der Waals surface area contributed by atoms with E-state index in [0.717, 1.165) is 12.8 Å². The summed E-state index contributed by atoms with van der Waals surface area (Å²) in [6.45, 7) is 0.493. The van der Waals surface area contributed by atoms with Gasteiger partial charge in [0, 0.05) is 47.0 Å². The number of nitrogens with two attached hydrogens (primary N) is 3. The van der Waals surface area contributed by atoms with Gasteiger partial charge in [-0.2, -0.15) is 8.42 Å². The van der Waals surface area contributed by atoms with Crippen LogP contribution in [0.1, 0.15) is 19.3 Å². The first-order valence-electron chi connectivity index (χ1n) is 12.7. The summed E-state index contributed by atoms with van der Waals surface area (Å²) in [4.78, 5) is -0.285. The lowest BCUT2D eigenvalue weighted by molar-refractivity contribution is 0.209. The van der Waals surface area contributed by atoms with E-state index in [9.17, 15) is 13.0 Å². The van der Waals surface area contributed by atoms with E-state index in [2.05, 4.69) is 10.6 Å².